The highest BCUT2D eigenvalue weighted by molar-refractivity contribution is 9.10. The molecule has 0 saturated heterocycles. The lowest BCUT2D eigenvalue weighted by molar-refractivity contribution is -0.140. The number of carbonyl (C=O) groups is 1. The van der Waals surface area contributed by atoms with Crippen molar-refractivity contribution in [1.82, 2.24) is 4.31 Å². The van der Waals surface area contributed by atoms with E-state index in [1.54, 1.807) is 24.3 Å². The van der Waals surface area contributed by atoms with Crippen LogP contribution in [0.1, 0.15) is 31.9 Å². The van der Waals surface area contributed by atoms with Crippen molar-refractivity contribution in [3.05, 3.63) is 52.0 Å². The molecule has 0 radical (unpaired) electrons. The molecular formula is C27H37BrN2O7SSi. The van der Waals surface area contributed by atoms with Gasteiger partial charge in [0.1, 0.15) is 24.1 Å². The smallest absolute Gasteiger partial charge is 0.321 e. The molecule has 2 aromatic rings. The fraction of sp³-hybridized carbons (Fsp3) is 0.481. The number of likely N-dealkylation sites (N-methyl/N-ethyl adjacent to an activating group) is 1. The number of sulfonamides is 1. The van der Waals surface area contributed by atoms with Gasteiger partial charge in [-0.25, -0.2) is 8.42 Å². The van der Waals surface area contributed by atoms with E-state index in [1.807, 2.05) is 0 Å². The van der Waals surface area contributed by atoms with E-state index >= 15 is 0 Å². The highest BCUT2D eigenvalue weighted by Gasteiger charge is 2.49. The van der Waals surface area contributed by atoms with Gasteiger partial charge in [-0.1, -0.05) is 32.9 Å². The van der Waals surface area contributed by atoms with E-state index in [9.17, 15) is 18.5 Å². The Morgan fingerprint density at radius 2 is 1.64 bits per heavy atom. The van der Waals surface area contributed by atoms with Crippen LogP contribution in [-0.2, 0) is 36.0 Å². The first kappa shape index (κ1) is 32.8. The minimum atomic E-state index is -3.94. The standard InChI is InChI=1S/C27H37BrN2O7SSi/c1-26(2,3)39(8,9)37-27(18-29,24-22(34-5)15-14-21(28)25(24)36-7)16-19-10-12-20(13-11-19)38(32,33)30(4)17-23(31)35-6/h10-15H,16-17H2,1-9H3. The monoisotopic (exact) mass is 640 g/mol. The second-order valence-electron chi connectivity index (χ2n) is 10.6. The van der Waals surface area contributed by atoms with Crippen LogP contribution in [-0.4, -0.2) is 61.9 Å². The second kappa shape index (κ2) is 12.4. The van der Waals surface area contributed by atoms with Crippen LogP contribution in [0.2, 0.25) is 18.1 Å². The number of benzene rings is 2. The van der Waals surface area contributed by atoms with Crippen molar-refractivity contribution in [2.24, 2.45) is 0 Å². The third-order valence-electron chi connectivity index (χ3n) is 6.98. The number of nitrogens with zero attached hydrogens (tertiary/aromatic N) is 2. The van der Waals surface area contributed by atoms with Crippen LogP contribution in [0.3, 0.4) is 0 Å². The molecule has 0 N–H and O–H groups in total. The molecule has 1 atom stereocenters. The zero-order valence-electron chi connectivity index (χ0n) is 23.9. The van der Waals surface area contributed by atoms with Crippen molar-refractivity contribution in [2.45, 2.75) is 55.8 Å². The van der Waals surface area contributed by atoms with Gasteiger partial charge in [0.05, 0.1) is 36.3 Å². The van der Waals surface area contributed by atoms with Gasteiger partial charge in [0.25, 0.3) is 0 Å². The van der Waals surface area contributed by atoms with Crippen molar-refractivity contribution >= 4 is 40.2 Å². The summed E-state index contributed by atoms with van der Waals surface area (Å²) in [6.07, 6.45) is 0.0948. The molecule has 0 aliphatic carbocycles. The Hall–Kier alpha value is -2.43. The second-order valence-corrected chi connectivity index (χ2v) is 18.2. The molecule has 0 bridgehead atoms. The highest BCUT2D eigenvalue weighted by atomic mass is 79.9. The molecule has 214 valence electrons. The van der Waals surface area contributed by atoms with Gasteiger partial charge in [-0.3, -0.25) is 4.79 Å². The fourth-order valence-electron chi connectivity index (χ4n) is 3.75. The molecule has 0 aromatic heterocycles. The molecule has 9 nitrogen and oxygen atoms in total. The number of halogens is 1. The van der Waals surface area contributed by atoms with E-state index in [-0.39, 0.29) is 16.4 Å². The molecule has 0 spiro atoms. The van der Waals surface area contributed by atoms with Crippen LogP contribution < -0.4 is 9.47 Å². The van der Waals surface area contributed by atoms with Gasteiger partial charge in [-0.2, -0.15) is 9.57 Å². The van der Waals surface area contributed by atoms with Gasteiger partial charge in [0, 0.05) is 13.5 Å². The third-order valence-corrected chi connectivity index (χ3v) is 13.9. The maximum absolute atomic E-state index is 13.0. The van der Waals surface area contributed by atoms with Crippen LogP contribution in [0.25, 0.3) is 0 Å². The molecule has 39 heavy (non-hydrogen) atoms. The fourth-order valence-corrected chi connectivity index (χ4v) is 6.76. The van der Waals surface area contributed by atoms with E-state index in [2.05, 4.69) is 60.6 Å². The van der Waals surface area contributed by atoms with Gasteiger partial charge in [-0.05, 0) is 63.9 Å². The van der Waals surface area contributed by atoms with Gasteiger partial charge in [0.15, 0.2) is 13.9 Å². The average molecular weight is 642 g/mol. The van der Waals surface area contributed by atoms with E-state index in [4.69, 9.17) is 13.9 Å². The van der Waals surface area contributed by atoms with Crippen LogP contribution >= 0.6 is 15.9 Å². The average Bonchev–Trinajstić information content (AvgIpc) is 2.87. The molecule has 12 heteroatoms. The largest absolute Gasteiger partial charge is 0.496 e. The van der Waals surface area contributed by atoms with E-state index in [0.717, 1.165) is 4.31 Å². The maximum atomic E-state index is 13.0. The molecular weight excluding hydrogens is 604 g/mol. The van der Waals surface area contributed by atoms with Crippen molar-refractivity contribution in [1.29, 1.82) is 5.26 Å². The number of nitriles is 1. The summed E-state index contributed by atoms with van der Waals surface area (Å²) >= 11 is 3.53. The maximum Gasteiger partial charge on any atom is 0.321 e. The lowest BCUT2D eigenvalue weighted by atomic mass is 9.87. The van der Waals surface area contributed by atoms with E-state index in [0.29, 0.717) is 27.1 Å². The summed E-state index contributed by atoms with van der Waals surface area (Å²) in [4.78, 5) is 11.6. The number of carbonyl (C=O) groups excluding carboxylic acids is 1. The van der Waals surface area contributed by atoms with Gasteiger partial charge < -0.3 is 18.6 Å². The molecule has 2 rings (SSSR count). The zero-order valence-corrected chi connectivity index (χ0v) is 27.3. The summed E-state index contributed by atoms with van der Waals surface area (Å²) < 4.78 is 50.4. The first-order chi connectivity index (χ1) is 18.0. The lowest BCUT2D eigenvalue weighted by Gasteiger charge is -2.43. The molecule has 1 unspecified atom stereocenters. The van der Waals surface area contributed by atoms with Crippen molar-refractivity contribution < 1.29 is 31.8 Å². The summed E-state index contributed by atoms with van der Waals surface area (Å²) in [5, 5.41) is 10.6. The van der Waals surface area contributed by atoms with Crippen LogP contribution in [0.4, 0.5) is 0 Å². The minimum Gasteiger partial charge on any atom is -0.496 e. The lowest BCUT2D eigenvalue weighted by Crippen LogP contribution is -2.49. The Bertz CT molecular complexity index is 1340. The Kier molecular flexibility index (Phi) is 10.4. The normalized spacial score (nSPS) is 13.9. The van der Waals surface area contributed by atoms with Gasteiger partial charge in [-0.15, -0.1) is 0 Å². The molecule has 0 saturated carbocycles. The van der Waals surface area contributed by atoms with E-state index < -0.39 is 36.5 Å². The molecule has 0 heterocycles. The number of esters is 1. The Morgan fingerprint density at radius 1 is 1.05 bits per heavy atom. The summed E-state index contributed by atoms with van der Waals surface area (Å²) in [7, 11) is -0.963. The van der Waals surface area contributed by atoms with Crippen molar-refractivity contribution in [2.75, 3.05) is 34.9 Å². The zero-order chi connectivity index (χ0) is 29.8. The SMILES string of the molecule is COC(=O)CN(C)S(=O)(=O)c1ccc(CC(C#N)(O[Si](C)(C)C(C)(C)C)c2c(OC)ccc(Br)c2OC)cc1. The molecule has 0 aliphatic heterocycles. The predicted molar refractivity (Wildman–Crippen MR) is 155 cm³/mol. The number of rotatable bonds is 11. The van der Waals surface area contributed by atoms with E-state index in [1.165, 1.54) is 40.5 Å². The summed E-state index contributed by atoms with van der Waals surface area (Å²) in [6, 6.07) is 12.1. The molecule has 0 aliphatic rings. The third kappa shape index (κ3) is 7.02. The molecule has 0 fully saturated rings. The summed E-state index contributed by atoms with van der Waals surface area (Å²) in [5.74, 6) is 0.174. The van der Waals surface area contributed by atoms with Crippen LogP contribution in [0.5, 0.6) is 11.5 Å². The Balaban J connectivity index is 2.69. The first-order valence-electron chi connectivity index (χ1n) is 12.1. The number of hydrogen-bond donors (Lipinski definition) is 0. The topological polar surface area (TPSA) is 115 Å². The highest BCUT2D eigenvalue weighted by Crippen LogP contribution is 2.49. The van der Waals surface area contributed by atoms with Crippen LogP contribution in [0.15, 0.2) is 45.8 Å². The van der Waals surface area contributed by atoms with Gasteiger partial charge >= 0.3 is 5.97 Å². The number of methoxy groups -OCH3 is 3. The molecule has 0 amide bonds. The van der Waals surface area contributed by atoms with Crippen molar-refractivity contribution in [3.8, 4) is 17.6 Å². The quantitative estimate of drug-likeness (QED) is 0.242. The van der Waals surface area contributed by atoms with Crippen LogP contribution in [0, 0.1) is 11.3 Å². The number of ether oxygens (including phenoxy) is 3. The predicted octanol–water partition coefficient (Wildman–Crippen LogP) is 5.24. The van der Waals surface area contributed by atoms with Gasteiger partial charge in [0.2, 0.25) is 10.0 Å². The first-order valence-corrected chi connectivity index (χ1v) is 17.3. The molecule has 2 aromatic carbocycles. The summed E-state index contributed by atoms with van der Waals surface area (Å²) in [5.41, 5.74) is -0.413. The number of hydrogen-bond acceptors (Lipinski definition) is 8. The van der Waals surface area contributed by atoms with Crippen molar-refractivity contribution in [3.63, 3.8) is 0 Å². The Labute approximate surface area is 241 Å². The minimum absolute atomic E-state index is 0.00291. The summed E-state index contributed by atoms with van der Waals surface area (Å²) in [6.45, 7) is 9.95. The Morgan fingerprint density at radius 3 is 2.10 bits per heavy atom.